The first-order valence-electron chi connectivity index (χ1n) is 8.09. The summed E-state index contributed by atoms with van der Waals surface area (Å²) in [5.74, 6) is 0.961. The van der Waals surface area contributed by atoms with Gasteiger partial charge < -0.3 is 10.1 Å². The summed E-state index contributed by atoms with van der Waals surface area (Å²) >= 11 is 0. The van der Waals surface area contributed by atoms with Crippen LogP contribution in [0.25, 0.3) is 0 Å². The van der Waals surface area contributed by atoms with E-state index in [1.165, 1.54) is 37.7 Å². The van der Waals surface area contributed by atoms with Gasteiger partial charge in [-0.3, -0.25) is 0 Å². The lowest BCUT2D eigenvalue weighted by Gasteiger charge is -2.35. The molecule has 112 valence electrons. The first-order valence-corrected chi connectivity index (χ1v) is 8.09. The molecule has 0 heterocycles. The molecule has 0 saturated heterocycles. The van der Waals surface area contributed by atoms with E-state index in [2.05, 4.69) is 43.4 Å². The maximum absolute atomic E-state index is 5.49. The van der Waals surface area contributed by atoms with Gasteiger partial charge in [0.2, 0.25) is 0 Å². The van der Waals surface area contributed by atoms with Crippen molar-refractivity contribution in [2.24, 2.45) is 5.41 Å². The van der Waals surface area contributed by atoms with Gasteiger partial charge in [0.15, 0.2) is 0 Å². The number of nitrogens with one attached hydrogen (secondary N) is 1. The largest absolute Gasteiger partial charge is 0.494 e. The summed E-state index contributed by atoms with van der Waals surface area (Å²) in [5.41, 5.74) is 1.84. The number of benzene rings is 1. The summed E-state index contributed by atoms with van der Waals surface area (Å²) in [6.07, 6.45) is 6.96. The summed E-state index contributed by atoms with van der Waals surface area (Å²) in [7, 11) is 0. The molecule has 2 heteroatoms. The Hall–Kier alpha value is -1.02. The van der Waals surface area contributed by atoms with E-state index in [9.17, 15) is 0 Å². The predicted molar refractivity (Wildman–Crippen MR) is 85.2 cm³/mol. The lowest BCUT2D eigenvalue weighted by atomic mass is 9.75. The molecule has 1 fully saturated rings. The maximum Gasteiger partial charge on any atom is 0.119 e. The smallest absolute Gasteiger partial charge is 0.119 e. The van der Waals surface area contributed by atoms with Crippen LogP contribution in [0.1, 0.15) is 64.5 Å². The minimum atomic E-state index is 0.407. The van der Waals surface area contributed by atoms with E-state index < -0.39 is 0 Å². The average Bonchev–Trinajstić information content (AvgIpc) is 2.47. The summed E-state index contributed by atoms with van der Waals surface area (Å²) in [5, 5.41) is 3.72. The van der Waals surface area contributed by atoms with Gasteiger partial charge in [-0.25, -0.2) is 0 Å². The molecule has 0 amide bonds. The molecule has 1 saturated carbocycles. The Balaban J connectivity index is 1.86. The third kappa shape index (κ3) is 4.24. The van der Waals surface area contributed by atoms with Crippen LogP contribution < -0.4 is 10.1 Å². The Bertz CT molecular complexity index is 392. The topological polar surface area (TPSA) is 21.3 Å². The second-order valence-corrected chi connectivity index (χ2v) is 6.48. The van der Waals surface area contributed by atoms with E-state index in [4.69, 9.17) is 4.74 Å². The molecule has 2 rings (SSSR count). The number of rotatable bonds is 6. The molecule has 0 bridgehead atoms. The van der Waals surface area contributed by atoms with Crippen LogP contribution in [0, 0.1) is 5.41 Å². The van der Waals surface area contributed by atoms with Crippen molar-refractivity contribution in [1.29, 1.82) is 0 Å². The van der Waals surface area contributed by atoms with Gasteiger partial charge >= 0.3 is 0 Å². The monoisotopic (exact) mass is 275 g/mol. The lowest BCUT2D eigenvalue weighted by molar-refractivity contribution is 0.202. The van der Waals surface area contributed by atoms with Gasteiger partial charge in [0, 0.05) is 12.6 Å². The molecule has 1 aromatic rings. The predicted octanol–water partition coefficient (Wildman–Crippen LogP) is 4.71. The molecule has 0 radical (unpaired) electrons. The second kappa shape index (κ2) is 7.12. The zero-order valence-corrected chi connectivity index (χ0v) is 13.2. The summed E-state index contributed by atoms with van der Waals surface area (Å²) in [4.78, 5) is 0. The SMILES string of the molecule is CCOc1ccc(C(C)NCC2(C)CCCCC2)cc1. The van der Waals surface area contributed by atoms with E-state index in [0.29, 0.717) is 11.5 Å². The van der Waals surface area contributed by atoms with Gasteiger partial charge in [-0.05, 0) is 49.8 Å². The fourth-order valence-electron chi connectivity index (χ4n) is 3.12. The standard InChI is InChI=1S/C18H29NO/c1-4-20-17-10-8-16(9-11-17)15(2)19-14-18(3)12-6-5-7-13-18/h8-11,15,19H,4-7,12-14H2,1-3H3. The molecule has 1 atom stereocenters. The number of ether oxygens (including phenoxy) is 1. The molecule has 1 N–H and O–H groups in total. The second-order valence-electron chi connectivity index (χ2n) is 6.48. The van der Waals surface area contributed by atoms with E-state index in [-0.39, 0.29) is 0 Å². The Morgan fingerprint density at radius 1 is 1.15 bits per heavy atom. The van der Waals surface area contributed by atoms with Crippen molar-refractivity contribution in [2.45, 2.75) is 58.9 Å². The van der Waals surface area contributed by atoms with Gasteiger partial charge in [0.05, 0.1) is 6.61 Å². The van der Waals surface area contributed by atoms with Gasteiger partial charge in [0.1, 0.15) is 5.75 Å². The zero-order valence-electron chi connectivity index (χ0n) is 13.2. The Kier molecular flexibility index (Phi) is 5.47. The van der Waals surface area contributed by atoms with Crippen molar-refractivity contribution in [1.82, 2.24) is 5.32 Å². The molecular formula is C18H29NO. The highest BCUT2D eigenvalue weighted by atomic mass is 16.5. The van der Waals surface area contributed by atoms with Crippen LogP contribution in [0.4, 0.5) is 0 Å². The fourth-order valence-corrected chi connectivity index (χ4v) is 3.12. The number of hydrogen-bond donors (Lipinski definition) is 1. The highest BCUT2D eigenvalue weighted by molar-refractivity contribution is 5.28. The van der Waals surface area contributed by atoms with Crippen molar-refractivity contribution >= 4 is 0 Å². The first kappa shape index (κ1) is 15.4. The van der Waals surface area contributed by atoms with Crippen LogP contribution in [0.2, 0.25) is 0 Å². The maximum atomic E-state index is 5.49. The molecule has 0 aromatic heterocycles. The highest BCUT2D eigenvalue weighted by Crippen LogP contribution is 2.35. The van der Waals surface area contributed by atoms with Crippen molar-refractivity contribution in [3.05, 3.63) is 29.8 Å². The van der Waals surface area contributed by atoms with E-state index in [0.717, 1.165) is 18.9 Å². The van der Waals surface area contributed by atoms with Gasteiger partial charge in [-0.15, -0.1) is 0 Å². The highest BCUT2D eigenvalue weighted by Gasteiger charge is 2.26. The summed E-state index contributed by atoms with van der Waals surface area (Å²) in [6, 6.07) is 8.89. The third-order valence-electron chi connectivity index (χ3n) is 4.59. The molecule has 1 aromatic carbocycles. The molecular weight excluding hydrogens is 246 g/mol. The molecule has 0 aliphatic heterocycles. The van der Waals surface area contributed by atoms with Crippen molar-refractivity contribution in [3.63, 3.8) is 0 Å². The van der Waals surface area contributed by atoms with Gasteiger partial charge in [0.25, 0.3) is 0 Å². The van der Waals surface area contributed by atoms with Crippen LogP contribution >= 0.6 is 0 Å². The normalized spacial score (nSPS) is 19.6. The molecule has 20 heavy (non-hydrogen) atoms. The van der Waals surface area contributed by atoms with E-state index >= 15 is 0 Å². The minimum Gasteiger partial charge on any atom is -0.494 e. The molecule has 1 aliphatic rings. The molecule has 0 spiro atoms. The molecule has 1 aliphatic carbocycles. The molecule has 2 nitrogen and oxygen atoms in total. The van der Waals surface area contributed by atoms with Gasteiger partial charge in [-0.1, -0.05) is 38.3 Å². The van der Waals surface area contributed by atoms with Crippen LogP contribution in [0.15, 0.2) is 24.3 Å². The summed E-state index contributed by atoms with van der Waals surface area (Å²) < 4.78 is 5.49. The van der Waals surface area contributed by atoms with Crippen LogP contribution in [-0.4, -0.2) is 13.2 Å². The first-order chi connectivity index (χ1) is 9.63. The quantitative estimate of drug-likeness (QED) is 0.812. The van der Waals surface area contributed by atoms with Crippen molar-refractivity contribution < 1.29 is 4.74 Å². The average molecular weight is 275 g/mol. The zero-order chi connectivity index (χ0) is 14.4. The van der Waals surface area contributed by atoms with Crippen molar-refractivity contribution in [3.8, 4) is 5.75 Å². The minimum absolute atomic E-state index is 0.407. The number of hydrogen-bond acceptors (Lipinski definition) is 2. The Morgan fingerprint density at radius 2 is 1.80 bits per heavy atom. The van der Waals surface area contributed by atoms with Gasteiger partial charge in [-0.2, -0.15) is 0 Å². The Morgan fingerprint density at radius 3 is 2.40 bits per heavy atom. The lowest BCUT2D eigenvalue weighted by Crippen LogP contribution is -2.34. The van der Waals surface area contributed by atoms with Crippen LogP contribution in [0.5, 0.6) is 5.75 Å². The van der Waals surface area contributed by atoms with Crippen LogP contribution in [0.3, 0.4) is 0 Å². The third-order valence-corrected chi connectivity index (χ3v) is 4.59. The summed E-state index contributed by atoms with van der Waals surface area (Å²) in [6.45, 7) is 8.56. The van der Waals surface area contributed by atoms with Crippen LogP contribution in [-0.2, 0) is 0 Å². The van der Waals surface area contributed by atoms with E-state index in [1.54, 1.807) is 0 Å². The molecule has 1 unspecified atom stereocenters. The Labute approximate surface area is 123 Å². The fraction of sp³-hybridized carbons (Fsp3) is 0.667. The van der Waals surface area contributed by atoms with E-state index in [1.807, 2.05) is 6.92 Å². The van der Waals surface area contributed by atoms with Crippen molar-refractivity contribution in [2.75, 3.05) is 13.2 Å².